The molecule has 0 aromatic carbocycles. The lowest BCUT2D eigenvalue weighted by Crippen LogP contribution is -2.55. The number of aromatic carboxylic acids is 1. The zero-order valence-electron chi connectivity index (χ0n) is 10.9. The summed E-state index contributed by atoms with van der Waals surface area (Å²) in [5, 5.41) is 13.3. The molecule has 112 valence electrons. The average molecular weight is 295 g/mol. The lowest BCUT2D eigenvalue weighted by molar-refractivity contribution is -0.134. The molecule has 0 aliphatic carbocycles. The number of hydrogen-bond donors (Lipinski definition) is 3. The van der Waals surface area contributed by atoms with Crippen molar-refractivity contribution in [3.8, 4) is 0 Å². The molecule has 2 heterocycles. The minimum Gasteiger partial charge on any atom is -0.476 e. The maximum Gasteiger partial charge on any atom is 0.356 e. The first-order valence-electron chi connectivity index (χ1n) is 6.06. The van der Waals surface area contributed by atoms with E-state index >= 15 is 0 Å². The monoisotopic (exact) mass is 295 g/mol. The van der Waals surface area contributed by atoms with E-state index in [0.717, 1.165) is 4.90 Å². The largest absolute Gasteiger partial charge is 0.476 e. The Morgan fingerprint density at radius 2 is 2.00 bits per heavy atom. The van der Waals surface area contributed by atoms with Crippen molar-refractivity contribution in [3.63, 3.8) is 0 Å². The summed E-state index contributed by atoms with van der Waals surface area (Å²) in [6.07, 6.45) is 2.68. The van der Waals surface area contributed by atoms with Gasteiger partial charge in [0.2, 0.25) is 11.8 Å². The highest BCUT2D eigenvalue weighted by Crippen LogP contribution is 1.97. The summed E-state index contributed by atoms with van der Waals surface area (Å²) in [5.41, 5.74) is -0.0837. The molecule has 0 unspecified atom stereocenters. The fourth-order valence-corrected chi connectivity index (χ4v) is 1.78. The van der Waals surface area contributed by atoms with Gasteiger partial charge in [0, 0.05) is 19.3 Å². The van der Waals surface area contributed by atoms with E-state index in [2.05, 4.69) is 15.6 Å². The highest BCUT2D eigenvalue weighted by Gasteiger charge is 2.25. The highest BCUT2D eigenvalue weighted by molar-refractivity contribution is 6.02. The minimum absolute atomic E-state index is 0.0837. The van der Waals surface area contributed by atoms with Gasteiger partial charge in [0.15, 0.2) is 5.69 Å². The molecule has 3 N–H and O–H groups in total. The van der Waals surface area contributed by atoms with Crippen LogP contribution in [0.5, 0.6) is 0 Å². The fraction of sp³-hybridized carbons (Fsp3) is 0.364. The van der Waals surface area contributed by atoms with Crippen LogP contribution in [-0.2, 0) is 16.1 Å². The van der Waals surface area contributed by atoms with Gasteiger partial charge in [0.1, 0.15) is 13.1 Å². The number of amides is 4. The predicted molar refractivity (Wildman–Crippen MR) is 67.3 cm³/mol. The van der Waals surface area contributed by atoms with Crippen molar-refractivity contribution in [1.29, 1.82) is 0 Å². The summed E-state index contributed by atoms with van der Waals surface area (Å²) >= 11 is 0. The van der Waals surface area contributed by atoms with Gasteiger partial charge in [-0.2, -0.15) is 0 Å². The van der Waals surface area contributed by atoms with E-state index in [1.54, 1.807) is 0 Å². The van der Waals surface area contributed by atoms with Crippen LogP contribution in [0.4, 0.5) is 4.79 Å². The van der Waals surface area contributed by atoms with Crippen LogP contribution in [0.25, 0.3) is 0 Å². The summed E-state index contributed by atoms with van der Waals surface area (Å²) < 4.78 is 1.51. The molecular weight excluding hydrogens is 282 g/mol. The average Bonchev–Trinajstić information content (AvgIpc) is 2.86. The van der Waals surface area contributed by atoms with Crippen molar-refractivity contribution in [2.24, 2.45) is 0 Å². The zero-order chi connectivity index (χ0) is 15.4. The Morgan fingerprint density at radius 1 is 1.33 bits per heavy atom. The van der Waals surface area contributed by atoms with Gasteiger partial charge in [-0.25, -0.2) is 14.6 Å². The molecule has 21 heavy (non-hydrogen) atoms. The third kappa shape index (κ3) is 3.78. The first-order valence-corrected chi connectivity index (χ1v) is 6.06. The smallest absolute Gasteiger partial charge is 0.356 e. The molecule has 0 saturated carbocycles. The minimum atomic E-state index is -1.13. The van der Waals surface area contributed by atoms with Crippen molar-refractivity contribution in [2.45, 2.75) is 6.54 Å². The van der Waals surface area contributed by atoms with Gasteiger partial charge in [-0.15, -0.1) is 0 Å². The molecule has 2 rings (SSSR count). The van der Waals surface area contributed by atoms with Gasteiger partial charge in [-0.3, -0.25) is 14.9 Å². The summed E-state index contributed by atoms with van der Waals surface area (Å²) in [6.45, 7) is 0.179. The van der Waals surface area contributed by atoms with E-state index in [-0.39, 0.29) is 25.3 Å². The van der Waals surface area contributed by atoms with Crippen molar-refractivity contribution < 1.29 is 24.3 Å². The molecule has 1 aromatic rings. The Balaban J connectivity index is 1.79. The molecule has 1 aromatic heterocycles. The van der Waals surface area contributed by atoms with E-state index in [1.165, 1.54) is 17.1 Å². The Hall–Kier alpha value is -2.91. The lowest BCUT2D eigenvalue weighted by Gasteiger charge is -2.25. The van der Waals surface area contributed by atoms with Gasteiger partial charge in [-0.05, 0) is 0 Å². The quantitative estimate of drug-likeness (QED) is 0.564. The SMILES string of the molecule is O=C1CN(C(=O)NCCn2cnc(C(=O)O)c2)CC(=O)N1. The Kier molecular flexibility index (Phi) is 4.16. The second kappa shape index (κ2) is 6.03. The number of aromatic nitrogens is 2. The molecule has 0 radical (unpaired) electrons. The summed E-state index contributed by atoms with van der Waals surface area (Å²) in [6, 6.07) is -0.531. The summed E-state index contributed by atoms with van der Waals surface area (Å²) in [4.78, 5) is 49.4. The second-order valence-corrected chi connectivity index (χ2v) is 4.36. The van der Waals surface area contributed by atoms with Crippen LogP contribution in [0.2, 0.25) is 0 Å². The molecule has 1 aliphatic rings. The van der Waals surface area contributed by atoms with Gasteiger partial charge in [-0.1, -0.05) is 0 Å². The molecule has 0 spiro atoms. The summed E-state index contributed by atoms with van der Waals surface area (Å²) in [5.74, 6) is -2.18. The van der Waals surface area contributed by atoms with Gasteiger partial charge in [0.05, 0.1) is 6.33 Å². The van der Waals surface area contributed by atoms with E-state index in [4.69, 9.17) is 5.11 Å². The maximum atomic E-state index is 11.8. The van der Waals surface area contributed by atoms with E-state index in [9.17, 15) is 19.2 Å². The molecule has 0 atom stereocenters. The topological polar surface area (TPSA) is 134 Å². The lowest BCUT2D eigenvalue weighted by atomic mass is 10.3. The van der Waals surface area contributed by atoms with Gasteiger partial charge < -0.3 is 19.9 Å². The van der Waals surface area contributed by atoms with E-state index in [1.807, 2.05) is 0 Å². The van der Waals surface area contributed by atoms with E-state index in [0.29, 0.717) is 6.54 Å². The number of imidazole rings is 1. The number of carbonyl (C=O) groups is 4. The molecule has 0 bridgehead atoms. The zero-order valence-corrected chi connectivity index (χ0v) is 10.9. The van der Waals surface area contributed by atoms with Crippen molar-refractivity contribution in [3.05, 3.63) is 18.2 Å². The van der Waals surface area contributed by atoms with Crippen molar-refractivity contribution >= 4 is 23.8 Å². The molecule has 1 aliphatic heterocycles. The normalized spacial score (nSPS) is 14.8. The van der Waals surface area contributed by atoms with Crippen molar-refractivity contribution in [2.75, 3.05) is 19.6 Å². The number of imide groups is 1. The Bertz CT molecular complexity index is 580. The van der Waals surface area contributed by atoms with Crippen LogP contribution in [0.1, 0.15) is 10.5 Å². The van der Waals surface area contributed by atoms with Crippen LogP contribution in [0.3, 0.4) is 0 Å². The fourth-order valence-electron chi connectivity index (χ4n) is 1.78. The molecular formula is C11H13N5O5. The number of carboxylic acid groups (broad SMARTS) is 1. The third-order valence-corrected chi connectivity index (χ3v) is 2.73. The molecule has 10 heteroatoms. The van der Waals surface area contributed by atoms with Crippen LogP contribution < -0.4 is 10.6 Å². The Labute approximate surface area is 118 Å². The van der Waals surface area contributed by atoms with Gasteiger partial charge in [0.25, 0.3) is 0 Å². The third-order valence-electron chi connectivity index (χ3n) is 2.73. The van der Waals surface area contributed by atoms with Gasteiger partial charge >= 0.3 is 12.0 Å². The maximum absolute atomic E-state index is 11.8. The number of carbonyl (C=O) groups excluding carboxylic acids is 3. The van der Waals surface area contributed by atoms with Crippen molar-refractivity contribution in [1.82, 2.24) is 25.1 Å². The first kappa shape index (κ1) is 14.5. The van der Waals surface area contributed by atoms with Crippen LogP contribution in [0.15, 0.2) is 12.5 Å². The first-order chi connectivity index (χ1) is 9.95. The number of hydrogen-bond acceptors (Lipinski definition) is 5. The molecule has 1 saturated heterocycles. The standard InChI is InChI=1S/C11H13N5O5/c17-8-4-16(5-9(18)14-8)11(21)12-1-2-15-3-7(10(19)20)13-6-15/h3,6H,1-2,4-5H2,(H,12,21)(H,19,20)(H,14,17,18). The number of nitrogens with zero attached hydrogens (tertiary/aromatic N) is 3. The number of urea groups is 1. The highest BCUT2D eigenvalue weighted by atomic mass is 16.4. The Morgan fingerprint density at radius 3 is 2.57 bits per heavy atom. The number of rotatable bonds is 4. The number of piperazine rings is 1. The second-order valence-electron chi connectivity index (χ2n) is 4.36. The number of nitrogens with one attached hydrogen (secondary N) is 2. The summed E-state index contributed by atoms with van der Waals surface area (Å²) in [7, 11) is 0. The van der Waals surface area contributed by atoms with Crippen LogP contribution in [0, 0.1) is 0 Å². The van der Waals surface area contributed by atoms with Crippen LogP contribution >= 0.6 is 0 Å². The predicted octanol–water partition coefficient (Wildman–Crippen LogP) is -1.75. The molecule has 10 nitrogen and oxygen atoms in total. The van der Waals surface area contributed by atoms with E-state index < -0.39 is 23.8 Å². The molecule has 1 fully saturated rings. The number of carboxylic acids is 1. The molecule has 4 amide bonds. The van der Waals surface area contributed by atoms with Crippen LogP contribution in [-0.4, -0.2) is 63.0 Å².